The Morgan fingerprint density at radius 1 is 1.52 bits per heavy atom. The lowest BCUT2D eigenvalue weighted by molar-refractivity contribution is -0.145. The number of aromatic nitrogens is 1. The number of nitrogens with one attached hydrogen (secondary N) is 1. The Balaban J connectivity index is 1.44. The smallest absolute Gasteiger partial charge is 0.251 e. The van der Waals surface area contributed by atoms with Crippen molar-refractivity contribution in [3.63, 3.8) is 0 Å². The van der Waals surface area contributed by atoms with Gasteiger partial charge in [-0.05, 0) is 38.0 Å². The van der Waals surface area contributed by atoms with E-state index in [0.29, 0.717) is 24.7 Å². The first-order valence-electron chi connectivity index (χ1n) is 8.93. The van der Waals surface area contributed by atoms with Gasteiger partial charge in [-0.15, -0.1) is 0 Å². The Morgan fingerprint density at radius 3 is 3.20 bits per heavy atom. The largest absolute Gasteiger partial charge is 0.376 e. The SMILES string of the molecule is CC(OCC1CCCO1)C(=O)N1CCc2[nH]c3ccc(Cl)cc3c2C1. The van der Waals surface area contributed by atoms with E-state index in [1.54, 1.807) is 0 Å². The number of rotatable bonds is 4. The second-order valence-electron chi connectivity index (χ2n) is 6.89. The third kappa shape index (κ3) is 3.41. The molecular weight excluding hydrogens is 340 g/mol. The number of fused-ring (bicyclic) bond motifs is 3. The van der Waals surface area contributed by atoms with Crippen LogP contribution < -0.4 is 0 Å². The van der Waals surface area contributed by atoms with Gasteiger partial charge in [0.25, 0.3) is 5.91 Å². The number of hydrogen-bond acceptors (Lipinski definition) is 3. The number of carbonyl (C=O) groups excluding carboxylic acids is 1. The third-order valence-corrected chi connectivity index (χ3v) is 5.39. The Labute approximate surface area is 152 Å². The van der Waals surface area contributed by atoms with Gasteiger partial charge < -0.3 is 19.4 Å². The van der Waals surface area contributed by atoms with Crippen molar-refractivity contribution in [1.82, 2.24) is 9.88 Å². The van der Waals surface area contributed by atoms with Crippen molar-refractivity contribution < 1.29 is 14.3 Å². The Bertz CT molecular complexity index is 782. The fourth-order valence-corrected chi connectivity index (χ4v) is 3.90. The van der Waals surface area contributed by atoms with E-state index in [-0.39, 0.29) is 12.0 Å². The summed E-state index contributed by atoms with van der Waals surface area (Å²) >= 11 is 6.14. The lowest BCUT2D eigenvalue weighted by atomic mass is 10.0. The zero-order valence-electron chi connectivity index (χ0n) is 14.4. The van der Waals surface area contributed by atoms with Crippen molar-refractivity contribution >= 4 is 28.4 Å². The van der Waals surface area contributed by atoms with Gasteiger partial charge >= 0.3 is 0 Å². The molecule has 1 saturated heterocycles. The number of ether oxygens (including phenoxy) is 2. The van der Waals surface area contributed by atoms with E-state index in [4.69, 9.17) is 21.1 Å². The summed E-state index contributed by atoms with van der Waals surface area (Å²) in [6, 6.07) is 5.85. The molecule has 2 aromatic rings. The van der Waals surface area contributed by atoms with E-state index in [1.165, 1.54) is 11.3 Å². The van der Waals surface area contributed by atoms with Crippen LogP contribution in [-0.4, -0.2) is 47.8 Å². The maximum atomic E-state index is 12.8. The summed E-state index contributed by atoms with van der Waals surface area (Å²) in [5.74, 6) is 0.0417. The van der Waals surface area contributed by atoms with Gasteiger partial charge in [0.2, 0.25) is 0 Å². The van der Waals surface area contributed by atoms with Crippen LogP contribution in [0.25, 0.3) is 10.9 Å². The second-order valence-corrected chi connectivity index (χ2v) is 7.33. The van der Waals surface area contributed by atoms with Gasteiger partial charge in [-0.25, -0.2) is 0 Å². The fraction of sp³-hybridized carbons (Fsp3) is 0.526. The predicted molar refractivity (Wildman–Crippen MR) is 96.8 cm³/mol. The summed E-state index contributed by atoms with van der Waals surface area (Å²) < 4.78 is 11.3. The van der Waals surface area contributed by atoms with E-state index in [9.17, 15) is 4.79 Å². The van der Waals surface area contributed by atoms with Crippen LogP contribution in [0, 0.1) is 0 Å². The van der Waals surface area contributed by atoms with E-state index >= 15 is 0 Å². The predicted octanol–water partition coefficient (Wildman–Crippen LogP) is 3.29. The summed E-state index contributed by atoms with van der Waals surface area (Å²) in [7, 11) is 0. The number of halogens is 1. The molecule has 0 aliphatic carbocycles. The average Bonchev–Trinajstić information content (AvgIpc) is 3.26. The first-order chi connectivity index (χ1) is 12.1. The van der Waals surface area contributed by atoms with E-state index in [1.807, 2.05) is 30.0 Å². The topological polar surface area (TPSA) is 54.6 Å². The van der Waals surface area contributed by atoms with Crippen LogP contribution in [-0.2, 0) is 27.2 Å². The van der Waals surface area contributed by atoms with Gasteiger partial charge in [0.1, 0.15) is 6.10 Å². The molecule has 1 N–H and O–H groups in total. The van der Waals surface area contributed by atoms with Crippen molar-refractivity contribution in [2.24, 2.45) is 0 Å². The molecule has 2 atom stereocenters. The Kier molecular flexibility index (Phi) is 4.71. The zero-order chi connectivity index (χ0) is 17.4. The first kappa shape index (κ1) is 16.9. The van der Waals surface area contributed by atoms with Crippen LogP contribution in [0.15, 0.2) is 18.2 Å². The highest BCUT2D eigenvalue weighted by Crippen LogP contribution is 2.30. The number of hydrogen-bond donors (Lipinski definition) is 1. The molecule has 25 heavy (non-hydrogen) atoms. The monoisotopic (exact) mass is 362 g/mol. The Hall–Kier alpha value is -1.56. The number of aromatic amines is 1. The number of amides is 1. The summed E-state index contributed by atoms with van der Waals surface area (Å²) in [5.41, 5.74) is 3.45. The van der Waals surface area contributed by atoms with Gasteiger partial charge in [-0.1, -0.05) is 11.6 Å². The lowest BCUT2D eigenvalue weighted by Gasteiger charge is -2.30. The van der Waals surface area contributed by atoms with E-state index in [2.05, 4.69) is 4.98 Å². The van der Waals surface area contributed by atoms with Crippen LogP contribution in [0.2, 0.25) is 5.02 Å². The standard InChI is InChI=1S/C19H23ClN2O3/c1-12(25-11-14-3-2-8-24-14)19(23)22-7-6-18-16(10-22)15-9-13(20)4-5-17(15)21-18/h4-5,9,12,14,21H,2-3,6-8,10-11H2,1H3. The molecule has 1 aromatic carbocycles. The summed E-state index contributed by atoms with van der Waals surface area (Å²) in [6.45, 7) is 4.43. The van der Waals surface area contributed by atoms with Crippen molar-refractivity contribution in [3.8, 4) is 0 Å². The number of benzene rings is 1. The van der Waals surface area contributed by atoms with Crippen molar-refractivity contribution in [2.75, 3.05) is 19.8 Å². The zero-order valence-corrected chi connectivity index (χ0v) is 15.1. The van der Waals surface area contributed by atoms with Gasteiger partial charge in [-0.3, -0.25) is 4.79 Å². The molecule has 134 valence electrons. The summed E-state index contributed by atoms with van der Waals surface area (Å²) in [6.07, 6.45) is 2.61. The highest BCUT2D eigenvalue weighted by atomic mass is 35.5. The maximum absolute atomic E-state index is 12.8. The highest BCUT2D eigenvalue weighted by Gasteiger charge is 2.28. The highest BCUT2D eigenvalue weighted by molar-refractivity contribution is 6.31. The Morgan fingerprint density at radius 2 is 2.40 bits per heavy atom. The molecule has 3 heterocycles. The van der Waals surface area contributed by atoms with E-state index < -0.39 is 6.10 Å². The minimum atomic E-state index is -0.445. The van der Waals surface area contributed by atoms with Crippen LogP contribution in [0.3, 0.4) is 0 Å². The molecule has 1 amide bonds. The lowest BCUT2D eigenvalue weighted by Crippen LogP contribution is -2.42. The molecule has 6 heteroatoms. The number of H-pyrrole nitrogens is 1. The molecule has 0 bridgehead atoms. The van der Waals surface area contributed by atoms with Gasteiger partial charge in [-0.2, -0.15) is 0 Å². The minimum Gasteiger partial charge on any atom is -0.376 e. The molecule has 2 aliphatic heterocycles. The van der Waals surface area contributed by atoms with Crippen molar-refractivity contribution in [2.45, 2.75) is 44.9 Å². The third-order valence-electron chi connectivity index (χ3n) is 5.15. The molecule has 2 aliphatic rings. The van der Waals surface area contributed by atoms with Crippen LogP contribution >= 0.6 is 11.6 Å². The molecule has 1 fully saturated rings. The molecular formula is C19H23ClN2O3. The van der Waals surface area contributed by atoms with Gasteiger partial charge in [0, 0.05) is 53.3 Å². The second kappa shape index (κ2) is 6.98. The minimum absolute atomic E-state index is 0.0417. The molecule has 5 nitrogen and oxygen atoms in total. The van der Waals surface area contributed by atoms with Crippen LogP contribution in [0.5, 0.6) is 0 Å². The van der Waals surface area contributed by atoms with Crippen LogP contribution in [0.4, 0.5) is 0 Å². The molecule has 0 radical (unpaired) electrons. The molecule has 1 aromatic heterocycles. The van der Waals surface area contributed by atoms with Gasteiger partial charge in [0.05, 0.1) is 12.7 Å². The first-order valence-corrected chi connectivity index (χ1v) is 9.30. The number of carbonyl (C=O) groups is 1. The molecule has 0 spiro atoms. The average molecular weight is 363 g/mol. The quantitative estimate of drug-likeness (QED) is 0.908. The van der Waals surface area contributed by atoms with E-state index in [0.717, 1.165) is 36.8 Å². The molecule has 2 unspecified atom stereocenters. The summed E-state index contributed by atoms with van der Waals surface area (Å²) in [4.78, 5) is 18.1. The van der Waals surface area contributed by atoms with Gasteiger partial charge in [0.15, 0.2) is 0 Å². The van der Waals surface area contributed by atoms with Crippen molar-refractivity contribution in [3.05, 3.63) is 34.5 Å². The van der Waals surface area contributed by atoms with Crippen LogP contribution in [0.1, 0.15) is 31.0 Å². The normalized spacial score (nSPS) is 21.5. The number of nitrogens with zero attached hydrogens (tertiary/aromatic N) is 1. The molecule has 4 rings (SSSR count). The fourth-order valence-electron chi connectivity index (χ4n) is 3.73. The molecule has 0 saturated carbocycles. The maximum Gasteiger partial charge on any atom is 0.251 e. The van der Waals surface area contributed by atoms with Crippen molar-refractivity contribution in [1.29, 1.82) is 0 Å². The summed E-state index contributed by atoms with van der Waals surface area (Å²) in [5, 5.41) is 1.82.